The molecule has 0 unspecified atom stereocenters. The van der Waals surface area contributed by atoms with Crippen LogP contribution in [-0.4, -0.2) is 24.0 Å². The molecule has 3 rings (SSSR count). The van der Waals surface area contributed by atoms with Crippen LogP contribution in [0.1, 0.15) is 38.5 Å². The van der Waals surface area contributed by atoms with Crippen LogP contribution in [0.25, 0.3) is 11.1 Å². The van der Waals surface area contributed by atoms with Gasteiger partial charge >= 0.3 is 0 Å². The molecule has 0 aliphatic heterocycles. The summed E-state index contributed by atoms with van der Waals surface area (Å²) in [4.78, 5) is 14.5. The monoisotopic (exact) mass is 361 g/mol. The van der Waals surface area contributed by atoms with Crippen molar-refractivity contribution in [2.24, 2.45) is 0 Å². The van der Waals surface area contributed by atoms with E-state index < -0.39 is 17.4 Å². The summed E-state index contributed by atoms with van der Waals surface area (Å²) in [5, 5.41) is 0. The van der Waals surface area contributed by atoms with Gasteiger partial charge in [-0.2, -0.15) is 0 Å². The van der Waals surface area contributed by atoms with Gasteiger partial charge in [-0.05, 0) is 61.9 Å². The lowest BCUT2D eigenvalue weighted by Crippen LogP contribution is -2.12. The fourth-order valence-electron chi connectivity index (χ4n) is 3.06. The van der Waals surface area contributed by atoms with Crippen molar-refractivity contribution in [3.8, 4) is 22.8 Å². The van der Waals surface area contributed by atoms with Crippen LogP contribution < -0.4 is 9.47 Å². The van der Waals surface area contributed by atoms with Crippen molar-refractivity contribution >= 4 is 6.29 Å². The standard InChI is InChI=1S/C20H21F2NO3/c21-17-12-14(13-18(22)19(17)25-11-4-3-10-24)16-8-5-9-23-20(16)26-15-6-1-2-7-15/h5,8-10,12-13,15H,1-4,6-7,11H2. The predicted molar refractivity (Wildman–Crippen MR) is 93.3 cm³/mol. The third-order valence-corrected chi connectivity index (χ3v) is 4.37. The summed E-state index contributed by atoms with van der Waals surface area (Å²) in [6.45, 7) is 0.0782. The minimum Gasteiger partial charge on any atom is -0.488 e. The predicted octanol–water partition coefficient (Wildman–Crippen LogP) is 4.71. The zero-order valence-electron chi connectivity index (χ0n) is 14.4. The Kier molecular flexibility index (Phi) is 6.15. The first-order valence-corrected chi connectivity index (χ1v) is 8.86. The maximum atomic E-state index is 14.3. The van der Waals surface area contributed by atoms with Gasteiger partial charge in [-0.1, -0.05) is 0 Å². The van der Waals surface area contributed by atoms with Crippen molar-refractivity contribution < 1.29 is 23.0 Å². The zero-order chi connectivity index (χ0) is 18.4. The Morgan fingerprint density at radius 1 is 1.19 bits per heavy atom. The van der Waals surface area contributed by atoms with Crippen LogP contribution in [-0.2, 0) is 4.79 Å². The second kappa shape index (κ2) is 8.74. The lowest BCUT2D eigenvalue weighted by Gasteiger charge is -2.16. The van der Waals surface area contributed by atoms with E-state index in [1.807, 2.05) is 0 Å². The Morgan fingerprint density at radius 3 is 2.62 bits per heavy atom. The largest absolute Gasteiger partial charge is 0.488 e. The van der Waals surface area contributed by atoms with E-state index in [-0.39, 0.29) is 12.7 Å². The van der Waals surface area contributed by atoms with E-state index in [0.717, 1.165) is 32.0 Å². The number of rotatable bonds is 8. The van der Waals surface area contributed by atoms with E-state index in [9.17, 15) is 13.6 Å². The molecule has 4 nitrogen and oxygen atoms in total. The molecule has 26 heavy (non-hydrogen) atoms. The SMILES string of the molecule is O=CCCCOc1c(F)cc(-c2cccnc2OC2CCCC2)cc1F. The molecule has 1 heterocycles. The molecule has 1 fully saturated rings. The molecule has 2 aromatic rings. The lowest BCUT2D eigenvalue weighted by atomic mass is 10.1. The van der Waals surface area contributed by atoms with Gasteiger partial charge in [0.05, 0.1) is 6.61 Å². The quantitative estimate of drug-likeness (QED) is 0.505. The number of carbonyl (C=O) groups excluding carboxylic acids is 1. The number of hydrogen-bond donors (Lipinski definition) is 0. The molecule has 0 saturated heterocycles. The average Bonchev–Trinajstić information content (AvgIpc) is 3.14. The second-order valence-electron chi connectivity index (χ2n) is 6.31. The van der Waals surface area contributed by atoms with Crippen molar-refractivity contribution in [2.45, 2.75) is 44.6 Å². The van der Waals surface area contributed by atoms with Crippen LogP contribution in [0.15, 0.2) is 30.5 Å². The van der Waals surface area contributed by atoms with E-state index in [0.29, 0.717) is 29.8 Å². The van der Waals surface area contributed by atoms with Gasteiger partial charge < -0.3 is 14.3 Å². The number of carbonyl (C=O) groups is 1. The summed E-state index contributed by atoms with van der Waals surface area (Å²) >= 11 is 0. The third-order valence-electron chi connectivity index (χ3n) is 4.37. The van der Waals surface area contributed by atoms with Crippen LogP contribution in [0, 0.1) is 11.6 Å². The Bertz CT molecular complexity index is 737. The highest BCUT2D eigenvalue weighted by Crippen LogP contribution is 2.34. The minimum atomic E-state index is -0.790. The zero-order valence-corrected chi connectivity index (χ0v) is 14.4. The van der Waals surface area contributed by atoms with Crippen LogP contribution in [0.2, 0.25) is 0 Å². The summed E-state index contributed by atoms with van der Waals surface area (Å²) in [7, 11) is 0. The normalized spacial score (nSPS) is 14.4. The minimum absolute atomic E-state index is 0.0782. The number of halogens is 2. The molecular formula is C20H21F2NO3. The summed E-state index contributed by atoms with van der Waals surface area (Å²) < 4.78 is 39.8. The van der Waals surface area contributed by atoms with Gasteiger partial charge in [-0.25, -0.2) is 13.8 Å². The van der Waals surface area contributed by atoms with Crippen LogP contribution >= 0.6 is 0 Å². The molecule has 0 spiro atoms. The molecule has 0 atom stereocenters. The van der Waals surface area contributed by atoms with Gasteiger partial charge in [-0.15, -0.1) is 0 Å². The number of ether oxygens (including phenoxy) is 2. The first-order valence-electron chi connectivity index (χ1n) is 8.86. The highest BCUT2D eigenvalue weighted by Gasteiger charge is 2.20. The number of unbranched alkanes of at least 4 members (excludes halogenated alkanes) is 1. The van der Waals surface area contributed by atoms with Gasteiger partial charge in [0.15, 0.2) is 17.4 Å². The molecule has 1 aromatic carbocycles. The van der Waals surface area contributed by atoms with Gasteiger partial charge in [0.1, 0.15) is 12.4 Å². The molecule has 1 saturated carbocycles. The van der Waals surface area contributed by atoms with Crippen LogP contribution in [0.4, 0.5) is 8.78 Å². The smallest absolute Gasteiger partial charge is 0.221 e. The Morgan fingerprint density at radius 2 is 1.92 bits per heavy atom. The van der Waals surface area contributed by atoms with Crippen molar-refractivity contribution in [3.05, 3.63) is 42.1 Å². The molecule has 138 valence electrons. The molecule has 0 N–H and O–H groups in total. The second-order valence-corrected chi connectivity index (χ2v) is 6.31. The summed E-state index contributed by atoms with van der Waals surface area (Å²) in [6.07, 6.45) is 7.30. The van der Waals surface area contributed by atoms with E-state index in [2.05, 4.69) is 4.98 Å². The van der Waals surface area contributed by atoms with Gasteiger partial charge in [-0.3, -0.25) is 0 Å². The third kappa shape index (κ3) is 4.36. The lowest BCUT2D eigenvalue weighted by molar-refractivity contribution is -0.108. The number of benzene rings is 1. The molecule has 0 bridgehead atoms. The van der Waals surface area contributed by atoms with Crippen molar-refractivity contribution in [1.29, 1.82) is 0 Å². The highest BCUT2D eigenvalue weighted by molar-refractivity contribution is 5.69. The Hall–Kier alpha value is -2.50. The molecule has 1 aliphatic rings. The fourth-order valence-corrected chi connectivity index (χ4v) is 3.06. The summed E-state index contributed by atoms with van der Waals surface area (Å²) in [6, 6.07) is 5.87. The maximum Gasteiger partial charge on any atom is 0.221 e. The number of aromatic nitrogens is 1. The highest BCUT2D eigenvalue weighted by atomic mass is 19.1. The maximum absolute atomic E-state index is 14.3. The summed E-state index contributed by atoms with van der Waals surface area (Å²) in [5.74, 6) is -1.62. The van der Waals surface area contributed by atoms with Gasteiger partial charge in [0.2, 0.25) is 5.88 Å². The van der Waals surface area contributed by atoms with Crippen LogP contribution in [0.3, 0.4) is 0 Å². The Balaban J connectivity index is 1.82. The summed E-state index contributed by atoms with van der Waals surface area (Å²) in [5.41, 5.74) is 0.894. The fraction of sp³-hybridized carbons (Fsp3) is 0.400. The van der Waals surface area contributed by atoms with E-state index in [1.165, 1.54) is 12.1 Å². The van der Waals surface area contributed by atoms with E-state index >= 15 is 0 Å². The number of nitrogens with zero attached hydrogens (tertiary/aromatic N) is 1. The molecule has 1 aliphatic carbocycles. The molecule has 6 heteroatoms. The first kappa shape index (κ1) is 18.3. The van der Waals surface area contributed by atoms with Crippen molar-refractivity contribution in [1.82, 2.24) is 4.98 Å². The van der Waals surface area contributed by atoms with Gasteiger partial charge in [0.25, 0.3) is 0 Å². The topological polar surface area (TPSA) is 48.4 Å². The van der Waals surface area contributed by atoms with E-state index in [4.69, 9.17) is 9.47 Å². The first-order chi connectivity index (χ1) is 12.7. The molecular weight excluding hydrogens is 340 g/mol. The van der Waals surface area contributed by atoms with Crippen molar-refractivity contribution in [3.63, 3.8) is 0 Å². The molecule has 1 aromatic heterocycles. The van der Waals surface area contributed by atoms with Crippen molar-refractivity contribution in [2.75, 3.05) is 6.61 Å². The van der Waals surface area contributed by atoms with E-state index in [1.54, 1.807) is 18.3 Å². The average molecular weight is 361 g/mol. The number of hydrogen-bond acceptors (Lipinski definition) is 4. The number of aldehydes is 1. The Labute approximate surface area is 151 Å². The number of pyridine rings is 1. The van der Waals surface area contributed by atoms with Gasteiger partial charge in [0, 0.05) is 18.2 Å². The van der Waals surface area contributed by atoms with Crippen LogP contribution in [0.5, 0.6) is 11.6 Å². The molecule has 0 amide bonds. The molecule has 0 radical (unpaired) electrons.